The Morgan fingerprint density at radius 3 is 2.10 bits per heavy atom. The Balaban J connectivity index is 3.28. The first kappa shape index (κ1) is 16.3. The van der Waals surface area contributed by atoms with Crippen LogP contribution in [0.4, 0.5) is 26.3 Å². The maximum atomic E-state index is 12.7. The highest BCUT2D eigenvalue weighted by Crippen LogP contribution is 2.37. The fourth-order valence-electron chi connectivity index (χ4n) is 1.52. The van der Waals surface area contributed by atoms with Crippen molar-refractivity contribution in [3.63, 3.8) is 0 Å². The molecule has 112 valence electrons. The van der Waals surface area contributed by atoms with Crippen LogP contribution in [0.1, 0.15) is 16.7 Å². The summed E-state index contributed by atoms with van der Waals surface area (Å²) in [7, 11) is 0. The zero-order chi connectivity index (χ0) is 15.7. The van der Waals surface area contributed by atoms with Crippen molar-refractivity contribution in [2.24, 2.45) is 5.73 Å². The summed E-state index contributed by atoms with van der Waals surface area (Å²) in [5.74, 6) is -1.54. The minimum absolute atomic E-state index is 0.0517. The molecule has 3 N–H and O–H groups in total. The van der Waals surface area contributed by atoms with E-state index in [2.05, 4.69) is 0 Å². The smallest absolute Gasteiger partial charge is 0.416 e. The number of carboxylic acid groups (broad SMARTS) is 1. The lowest BCUT2D eigenvalue weighted by molar-refractivity contribution is -0.144. The summed E-state index contributed by atoms with van der Waals surface area (Å²) in [6.45, 7) is 0. The summed E-state index contributed by atoms with van der Waals surface area (Å²) in [6.07, 6.45) is -10.7. The van der Waals surface area contributed by atoms with Crippen LogP contribution in [-0.2, 0) is 23.6 Å². The first-order valence-electron chi connectivity index (χ1n) is 5.18. The van der Waals surface area contributed by atoms with Crippen LogP contribution < -0.4 is 5.73 Å². The van der Waals surface area contributed by atoms with Crippen LogP contribution >= 0.6 is 0 Å². The van der Waals surface area contributed by atoms with E-state index in [1.54, 1.807) is 0 Å². The van der Waals surface area contributed by atoms with Gasteiger partial charge in [0.1, 0.15) is 6.04 Å². The van der Waals surface area contributed by atoms with E-state index in [9.17, 15) is 31.1 Å². The Labute approximate surface area is 109 Å². The van der Waals surface area contributed by atoms with E-state index in [0.29, 0.717) is 12.1 Å². The van der Waals surface area contributed by atoms with Crippen molar-refractivity contribution >= 4 is 5.97 Å². The normalized spacial score (nSPS) is 14.2. The van der Waals surface area contributed by atoms with E-state index in [-0.39, 0.29) is 6.07 Å². The summed E-state index contributed by atoms with van der Waals surface area (Å²) in [6, 6.07) is -0.634. The van der Waals surface area contributed by atoms with Gasteiger partial charge in [-0.15, -0.1) is 0 Å². The van der Waals surface area contributed by atoms with Crippen LogP contribution in [0.3, 0.4) is 0 Å². The number of rotatable bonds is 3. The molecule has 0 aromatic heterocycles. The lowest BCUT2D eigenvalue weighted by Gasteiger charge is -2.17. The molecule has 0 aliphatic heterocycles. The molecule has 1 rings (SSSR count). The number of nitrogens with two attached hydrogens (primary N) is 1. The Bertz CT molecular complexity index is 509. The maximum absolute atomic E-state index is 12.7. The minimum Gasteiger partial charge on any atom is -0.480 e. The number of aliphatic carboxylic acids is 1. The Morgan fingerprint density at radius 1 is 1.15 bits per heavy atom. The number of carboxylic acids is 1. The fraction of sp³-hybridized carbons (Fsp3) is 0.364. The zero-order valence-corrected chi connectivity index (χ0v) is 9.72. The van der Waals surface area contributed by atoms with Crippen LogP contribution in [-0.4, -0.2) is 17.1 Å². The predicted molar refractivity (Wildman–Crippen MR) is 55.8 cm³/mol. The molecule has 0 amide bonds. The minimum atomic E-state index is -5.03. The van der Waals surface area contributed by atoms with E-state index in [4.69, 9.17) is 10.8 Å². The molecule has 0 fully saturated rings. The molecule has 20 heavy (non-hydrogen) atoms. The predicted octanol–water partition coefficient (Wildman–Crippen LogP) is 2.68. The molecule has 9 heteroatoms. The van der Waals surface area contributed by atoms with Gasteiger partial charge in [-0.3, -0.25) is 4.79 Å². The van der Waals surface area contributed by atoms with Crippen molar-refractivity contribution < 1.29 is 36.2 Å². The number of benzene rings is 1. The third-order valence-corrected chi connectivity index (χ3v) is 2.50. The summed E-state index contributed by atoms with van der Waals surface area (Å²) in [4.78, 5) is 10.5. The van der Waals surface area contributed by atoms with E-state index in [1.807, 2.05) is 0 Å². The van der Waals surface area contributed by atoms with Crippen LogP contribution in [0, 0.1) is 0 Å². The van der Waals surface area contributed by atoms with Crippen molar-refractivity contribution in [2.45, 2.75) is 24.8 Å². The molecule has 1 unspecified atom stereocenters. The van der Waals surface area contributed by atoms with Crippen molar-refractivity contribution in [3.8, 4) is 0 Å². The lowest BCUT2D eigenvalue weighted by atomic mass is 9.97. The molecule has 0 aliphatic carbocycles. The topological polar surface area (TPSA) is 63.3 Å². The van der Waals surface area contributed by atoms with Crippen LogP contribution in [0.25, 0.3) is 0 Å². The summed E-state index contributed by atoms with van der Waals surface area (Å²) in [5.41, 5.74) is 1.50. The number of hydrogen-bond acceptors (Lipinski definition) is 2. The molecular weight excluding hydrogens is 292 g/mol. The van der Waals surface area contributed by atoms with Gasteiger partial charge in [-0.25, -0.2) is 0 Å². The van der Waals surface area contributed by atoms with Crippen molar-refractivity contribution in [3.05, 3.63) is 34.9 Å². The first-order valence-corrected chi connectivity index (χ1v) is 5.18. The van der Waals surface area contributed by atoms with Crippen molar-refractivity contribution in [2.75, 3.05) is 0 Å². The quantitative estimate of drug-likeness (QED) is 0.844. The Hall–Kier alpha value is -1.77. The molecule has 1 atom stereocenters. The molecule has 0 spiro atoms. The number of hydrogen-bond donors (Lipinski definition) is 2. The standard InChI is InChI=1S/C11H9F6NO2/c12-10(13,14)6-2-1-5(3-8(18)9(19)20)7(4-6)11(15,16)17/h1-2,4,8H,3,18H2,(H,19,20). The van der Waals surface area contributed by atoms with E-state index in [0.717, 1.165) is 0 Å². The SMILES string of the molecule is NC(Cc1ccc(C(F)(F)F)cc1C(F)(F)F)C(=O)O. The highest BCUT2D eigenvalue weighted by Gasteiger charge is 2.38. The van der Waals surface area contributed by atoms with Crippen LogP contribution in [0.2, 0.25) is 0 Å². The molecule has 0 bridgehead atoms. The lowest BCUT2D eigenvalue weighted by Crippen LogP contribution is -2.33. The molecule has 1 aromatic carbocycles. The Morgan fingerprint density at radius 2 is 1.70 bits per heavy atom. The van der Waals surface area contributed by atoms with Crippen LogP contribution in [0.15, 0.2) is 18.2 Å². The number of carbonyl (C=O) groups is 1. The van der Waals surface area contributed by atoms with Gasteiger partial charge in [0.2, 0.25) is 0 Å². The molecule has 0 heterocycles. The Kier molecular flexibility index (Phi) is 4.33. The zero-order valence-electron chi connectivity index (χ0n) is 9.72. The summed E-state index contributed by atoms with van der Waals surface area (Å²) < 4.78 is 75.3. The van der Waals surface area contributed by atoms with Gasteiger partial charge in [-0.1, -0.05) is 6.07 Å². The molecule has 0 saturated carbocycles. The van der Waals surface area contributed by atoms with Gasteiger partial charge in [-0.2, -0.15) is 26.3 Å². The van der Waals surface area contributed by atoms with Crippen molar-refractivity contribution in [1.82, 2.24) is 0 Å². The average molecular weight is 301 g/mol. The van der Waals surface area contributed by atoms with Gasteiger partial charge in [0.05, 0.1) is 11.1 Å². The van der Waals surface area contributed by atoms with Gasteiger partial charge in [0, 0.05) is 0 Å². The largest absolute Gasteiger partial charge is 0.480 e. The molecule has 0 saturated heterocycles. The fourth-order valence-corrected chi connectivity index (χ4v) is 1.52. The molecule has 0 radical (unpaired) electrons. The second-order valence-corrected chi connectivity index (χ2v) is 4.02. The van der Waals surface area contributed by atoms with Gasteiger partial charge in [0.15, 0.2) is 0 Å². The van der Waals surface area contributed by atoms with Gasteiger partial charge in [0.25, 0.3) is 0 Å². The summed E-state index contributed by atoms with van der Waals surface area (Å²) >= 11 is 0. The third-order valence-electron chi connectivity index (χ3n) is 2.50. The average Bonchev–Trinajstić information content (AvgIpc) is 2.26. The van der Waals surface area contributed by atoms with E-state index in [1.165, 1.54) is 0 Å². The van der Waals surface area contributed by atoms with Gasteiger partial charge in [-0.05, 0) is 24.1 Å². The summed E-state index contributed by atoms with van der Waals surface area (Å²) in [5, 5.41) is 8.53. The number of alkyl halides is 6. The molecule has 0 aliphatic rings. The monoisotopic (exact) mass is 301 g/mol. The van der Waals surface area contributed by atoms with Crippen LogP contribution in [0.5, 0.6) is 0 Å². The molecule has 1 aromatic rings. The molecule has 3 nitrogen and oxygen atoms in total. The number of halogens is 6. The van der Waals surface area contributed by atoms with E-state index < -0.39 is 47.5 Å². The third kappa shape index (κ3) is 3.86. The second kappa shape index (κ2) is 5.31. The maximum Gasteiger partial charge on any atom is 0.416 e. The van der Waals surface area contributed by atoms with Gasteiger partial charge < -0.3 is 10.8 Å². The highest BCUT2D eigenvalue weighted by molar-refractivity contribution is 5.73. The van der Waals surface area contributed by atoms with Gasteiger partial charge >= 0.3 is 18.3 Å². The first-order chi connectivity index (χ1) is 8.93. The van der Waals surface area contributed by atoms with E-state index >= 15 is 0 Å². The second-order valence-electron chi connectivity index (χ2n) is 4.02. The molecular formula is C11H9F6NO2. The van der Waals surface area contributed by atoms with Crippen molar-refractivity contribution in [1.29, 1.82) is 0 Å². The highest BCUT2D eigenvalue weighted by atomic mass is 19.4.